The van der Waals surface area contributed by atoms with E-state index in [-0.39, 0.29) is 18.6 Å². The Kier molecular flexibility index (Phi) is 6.97. The maximum absolute atomic E-state index is 12.0. The Hall–Kier alpha value is -1.46. The van der Waals surface area contributed by atoms with Crippen LogP contribution in [0, 0.1) is 5.92 Å². The highest BCUT2D eigenvalue weighted by atomic mass is 35.5. The molecule has 0 radical (unpaired) electrons. The van der Waals surface area contributed by atoms with Gasteiger partial charge >= 0.3 is 12.0 Å². The smallest absolute Gasteiger partial charge is 0.317 e. The molecule has 0 heterocycles. The maximum atomic E-state index is 12.0. The van der Waals surface area contributed by atoms with Crippen LogP contribution in [0.4, 0.5) is 4.79 Å². The van der Waals surface area contributed by atoms with Crippen LogP contribution in [0.1, 0.15) is 19.4 Å². The predicted molar refractivity (Wildman–Crippen MR) is 87.6 cm³/mol. The van der Waals surface area contributed by atoms with E-state index in [9.17, 15) is 9.59 Å². The molecular weight excluding hydrogens is 327 g/mol. The van der Waals surface area contributed by atoms with Crippen molar-refractivity contribution in [2.75, 3.05) is 13.6 Å². The first-order valence-electron chi connectivity index (χ1n) is 6.89. The van der Waals surface area contributed by atoms with Crippen LogP contribution in [0.15, 0.2) is 18.2 Å². The van der Waals surface area contributed by atoms with Crippen molar-refractivity contribution in [2.24, 2.45) is 5.92 Å². The summed E-state index contributed by atoms with van der Waals surface area (Å²) in [6, 6.07) is 4.74. The quantitative estimate of drug-likeness (QED) is 0.830. The van der Waals surface area contributed by atoms with Gasteiger partial charge < -0.3 is 15.3 Å². The molecule has 0 fully saturated rings. The van der Waals surface area contributed by atoms with Gasteiger partial charge in [0.2, 0.25) is 0 Å². The second-order valence-corrected chi connectivity index (χ2v) is 6.19. The fourth-order valence-electron chi connectivity index (χ4n) is 1.98. The molecule has 7 heteroatoms. The lowest BCUT2D eigenvalue weighted by atomic mass is 10.1. The summed E-state index contributed by atoms with van der Waals surface area (Å²) in [7, 11) is 1.56. The second kappa shape index (κ2) is 8.25. The number of nitrogens with zero attached hydrogens (tertiary/aromatic N) is 1. The minimum atomic E-state index is -0.935. The van der Waals surface area contributed by atoms with Gasteiger partial charge in [-0.1, -0.05) is 36.2 Å². The van der Waals surface area contributed by atoms with Crippen molar-refractivity contribution in [3.63, 3.8) is 0 Å². The van der Waals surface area contributed by atoms with E-state index in [1.807, 2.05) is 6.92 Å². The molecular formula is C15H20Cl2N2O3. The molecule has 0 aliphatic carbocycles. The summed E-state index contributed by atoms with van der Waals surface area (Å²) >= 11 is 12.2. The fraction of sp³-hybridized carbons (Fsp3) is 0.467. The highest BCUT2D eigenvalue weighted by Gasteiger charge is 2.19. The number of benzene rings is 1. The van der Waals surface area contributed by atoms with Gasteiger partial charge in [0.15, 0.2) is 0 Å². The van der Waals surface area contributed by atoms with E-state index < -0.39 is 11.9 Å². The molecule has 1 aromatic carbocycles. The van der Waals surface area contributed by atoms with Gasteiger partial charge in [0.05, 0.1) is 5.92 Å². The van der Waals surface area contributed by atoms with Gasteiger partial charge in [-0.25, -0.2) is 4.79 Å². The van der Waals surface area contributed by atoms with E-state index in [4.69, 9.17) is 28.3 Å². The molecule has 122 valence electrons. The fourth-order valence-corrected chi connectivity index (χ4v) is 2.53. The number of carbonyl (C=O) groups excluding carboxylic acids is 1. The first kappa shape index (κ1) is 18.6. The van der Waals surface area contributed by atoms with Gasteiger partial charge in [-0.15, -0.1) is 0 Å². The SMILES string of the molecule is CC(Cc1c(Cl)cccc1Cl)NC(=O)N(C)CC(C)C(=O)O. The van der Waals surface area contributed by atoms with E-state index in [0.29, 0.717) is 16.5 Å². The zero-order chi connectivity index (χ0) is 16.9. The van der Waals surface area contributed by atoms with Crippen LogP contribution in [0.3, 0.4) is 0 Å². The summed E-state index contributed by atoms with van der Waals surface area (Å²) in [4.78, 5) is 24.2. The molecule has 2 amide bonds. The molecule has 0 spiro atoms. The van der Waals surface area contributed by atoms with E-state index in [2.05, 4.69) is 5.32 Å². The summed E-state index contributed by atoms with van der Waals surface area (Å²) in [6.45, 7) is 3.53. The Labute approximate surface area is 140 Å². The number of halogens is 2. The van der Waals surface area contributed by atoms with E-state index in [1.54, 1.807) is 32.2 Å². The maximum Gasteiger partial charge on any atom is 0.317 e. The monoisotopic (exact) mass is 346 g/mol. The lowest BCUT2D eigenvalue weighted by molar-refractivity contribution is -0.141. The minimum absolute atomic E-state index is 0.140. The molecule has 1 aromatic rings. The van der Waals surface area contributed by atoms with Crippen LogP contribution in [-0.4, -0.2) is 41.6 Å². The minimum Gasteiger partial charge on any atom is -0.481 e. The third-order valence-electron chi connectivity index (χ3n) is 3.26. The topological polar surface area (TPSA) is 69.6 Å². The van der Waals surface area contributed by atoms with Gasteiger partial charge in [-0.05, 0) is 31.0 Å². The largest absolute Gasteiger partial charge is 0.481 e. The molecule has 2 N–H and O–H groups in total. The molecule has 0 aliphatic rings. The number of carboxylic acid groups (broad SMARTS) is 1. The predicted octanol–water partition coefficient (Wildman–Crippen LogP) is 3.29. The Balaban J connectivity index is 2.59. The Bertz CT molecular complexity index is 531. The standard InChI is InChI=1S/C15H20Cl2N2O3/c1-9(14(20)21)8-19(3)15(22)18-10(2)7-11-12(16)5-4-6-13(11)17/h4-6,9-10H,7-8H2,1-3H3,(H,18,22)(H,20,21). The summed E-state index contributed by atoms with van der Waals surface area (Å²) in [5.41, 5.74) is 0.778. The van der Waals surface area contributed by atoms with Crippen LogP contribution in [-0.2, 0) is 11.2 Å². The molecule has 5 nitrogen and oxygen atoms in total. The third kappa shape index (κ3) is 5.39. The average molecular weight is 347 g/mol. The number of carboxylic acids is 1. The first-order valence-corrected chi connectivity index (χ1v) is 7.65. The van der Waals surface area contributed by atoms with Crippen molar-refractivity contribution < 1.29 is 14.7 Å². The van der Waals surface area contributed by atoms with E-state index in [0.717, 1.165) is 5.56 Å². The molecule has 2 unspecified atom stereocenters. The van der Waals surface area contributed by atoms with Crippen molar-refractivity contribution >= 4 is 35.2 Å². The number of carbonyl (C=O) groups is 2. The van der Waals surface area contributed by atoms with Crippen LogP contribution >= 0.6 is 23.2 Å². The van der Waals surface area contributed by atoms with Crippen LogP contribution in [0.2, 0.25) is 10.0 Å². The average Bonchev–Trinajstić information content (AvgIpc) is 2.42. The number of nitrogens with one attached hydrogen (secondary N) is 1. The first-order chi connectivity index (χ1) is 10.2. The number of aliphatic carboxylic acids is 1. The molecule has 0 aromatic heterocycles. The van der Waals surface area contributed by atoms with Gasteiger partial charge in [0, 0.05) is 29.7 Å². The van der Waals surface area contributed by atoms with Crippen molar-refractivity contribution in [2.45, 2.75) is 26.3 Å². The third-order valence-corrected chi connectivity index (χ3v) is 3.97. The summed E-state index contributed by atoms with van der Waals surface area (Å²) < 4.78 is 0. The van der Waals surface area contributed by atoms with Crippen molar-refractivity contribution in [1.29, 1.82) is 0 Å². The number of hydrogen-bond donors (Lipinski definition) is 2. The lowest BCUT2D eigenvalue weighted by Gasteiger charge is -2.23. The van der Waals surface area contributed by atoms with Gasteiger partial charge in [0.1, 0.15) is 0 Å². The van der Waals surface area contributed by atoms with Crippen LogP contribution in [0.5, 0.6) is 0 Å². The molecule has 1 rings (SSSR count). The summed E-state index contributed by atoms with van der Waals surface area (Å²) in [5.74, 6) is -1.56. The number of urea groups is 1. The van der Waals surface area contributed by atoms with E-state index >= 15 is 0 Å². The lowest BCUT2D eigenvalue weighted by Crippen LogP contribution is -2.44. The zero-order valence-corrected chi connectivity index (χ0v) is 14.3. The normalized spacial score (nSPS) is 13.3. The Morgan fingerprint density at radius 2 is 1.82 bits per heavy atom. The Morgan fingerprint density at radius 3 is 2.32 bits per heavy atom. The highest BCUT2D eigenvalue weighted by Crippen LogP contribution is 2.25. The molecule has 0 bridgehead atoms. The van der Waals surface area contributed by atoms with Gasteiger partial charge in [-0.3, -0.25) is 4.79 Å². The van der Waals surface area contributed by atoms with Crippen LogP contribution < -0.4 is 5.32 Å². The zero-order valence-electron chi connectivity index (χ0n) is 12.8. The summed E-state index contributed by atoms with van der Waals surface area (Å²) in [6.07, 6.45) is 0.493. The number of hydrogen-bond acceptors (Lipinski definition) is 2. The summed E-state index contributed by atoms with van der Waals surface area (Å²) in [5, 5.41) is 12.8. The number of amides is 2. The molecule has 0 saturated heterocycles. The van der Waals surface area contributed by atoms with Crippen molar-refractivity contribution in [1.82, 2.24) is 10.2 Å². The van der Waals surface area contributed by atoms with Gasteiger partial charge in [0.25, 0.3) is 0 Å². The highest BCUT2D eigenvalue weighted by molar-refractivity contribution is 6.36. The van der Waals surface area contributed by atoms with Gasteiger partial charge in [-0.2, -0.15) is 0 Å². The molecule has 0 saturated carbocycles. The molecule has 22 heavy (non-hydrogen) atoms. The van der Waals surface area contributed by atoms with Crippen LogP contribution in [0.25, 0.3) is 0 Å². The van der Waals surface area contributed by atoms with Crippen molar-refractivity contribution in [3.05, 3.63) is 33.8 Å². The molecule has 0 aliphatic heterocycles. The molecule has 2 atom stereocenters. The number of rotatable bonds is 6. The van der Waals surface area contributed by atoms with Crippen molar-refractivity contribution in [3.8, 4) is 0 Å². The Morgan fingerprint density at radius 1 is 1.27 bits per heavy atom. The van der Waals surface area contributed by atoms with E-state index in [1.165, 1.54) is 4.90 Å². The second-order valence-electron chi connectivity index (χ2n) is 5.37.